The van der Waals surface area contributed by atoms with Crippen molar-refractivity contribution in [2.45, 2.75) is 126 Å². The Bertz CT molecular complexity index is 953. The van der Waals surface area contributed by atoms with Crippen molar-refractivity contribution in [2.24, 2.45) is 23.7 Å². The number of nitrogens with one attached hydrogen (secondary N) is 1. The molecular weight excluding hydrogens is 526 g/mol. The smallest absolute Gasteiger partial charge is 0.249 e. The normalized spacial score (nSPS) is 46.3. The molecule has 0 aromatic rings. The number of nitrogens with two attached hydrogens (primary N) is 1. The van der Waals surface area contributed by atoms with Crippen LogP contribution < -0.4 is 10.6 Å². The minimum Gasteiger partial charge on any atom is -0.381 e. The van der Waals surface area contributed by atoms with Gasteiger partial charge in [0.25, 0.3) is 0 Å². The summed E-state index contributed by atoms with van der Waals surface area (Å²) in [7, 11) is 6.91. The SMILES string of the molecule is COC1CCC(NC(=O)C(C)OC2CCC3C(C2)C2CC[NH2+]C4C5CCC(OC)C(OC)C5C(=O)N3C24)C(OC)C1. The van der Waals surface area contributed by atoms with Crippen LogP contribution in [-0.4, -0.2) is 112 Å². The predicted molar refractivity (Wildman–Crippen MR) is 150 cm³/mol. The van der Waals surface area contributed by atoms with E-state index in [1.807, 2.05) is 6.92 Å². The van der Waals surface area contributed by atoms with Crippen LogP contribution in [0.4, 0.5) is 0 Å². The zero-order valence-electron chi connectivity index (χ0n) is 25.5. The number of carbonyl (C=O) groups is 2. The van der Waals surface area contributed by atoms with Crippen molar-refractivity contribution < 1.29 is 38.6 Å². The summed E-state index contributed by atoms with van der Waals surface area (Å²) in [6.07, 6.45) is 7.82. The van der Waals surface area contributed by atoms with Crippen LogP contribution in [0.5, 0.6) is 0 Å². The molecule has 10 nitrogen and oxygen atoms in total. The molecule has 3 N–H and O–H groups in total. The summed E-state index contributed by atoms with van der Waals surface area (Å²) in [6.45, 7) is 2.99. The van der Waals surface area contributed by atoms with Gasteiger partial charge in [0.15, 0.2) is 0 Å². The first-order valence-electron chi connectivity index (χ1n) is 16.1. The van der Waals surface area contributed by atoms with E-state index < -0.39 is 6.10 Å². The van der Waals surface area contributed by atoms with Crippen LogP contribution in [0.1, 0.15) is 64.7 Å². The van der Waals surface area contributed by atoms with Gasteiger partial charge in [-0.05, 0) is 63.7 Å². The first-order chi connectivity index (χ1) is 19.9. The Kier molecular flexibility index (Phi) is 8.97. The van der Waals surface area contributed by atoms with Gasteiger partial charge >= 0.3 is 0 Å². The summed E-state index contributed by atoms with van der Waals surface area (Å²) >= 11 is 0. The minimum atomic E-state index is -0.524. The van der Waals surface area contributed by atoms with Crippen molar-refractivity contribution in [3.8, 4) is 0 Å². The number of methoxy groups -OCH3 is 4. The molecule has 6 fully saturated rings. The second kappa shape index (κ2) is 12.4. The molecule has 3 heterocycles. The lowest BCUT2D eigenvalue weighted by molar-refractivity contribution is -0.713. The monoisotopic (exact) mass is 578 g/mol. The second-order valence-corrected chi connectivity index (χ2v) is 13.5. The number of fused-ring (bicyclic) bond motifs is 5. The molecule has 3 saturated heterocycles. The van der Waals surface area contributed by atoms with Crippen LogP contribution in [0.3, 0.4) is 0 Å². The molecule has 3 aliphatic heterocycles. The predicted octanol–water partition coefficient (Wildman–Crippen LogP) is 0.860. The Balaban J connectivity index is 1.11. The average molecular weight is 579 g/mol. The Labute approximate surface area is 244 Å². The maximum absolute atomic E-state index is 14.3. The second-order valence-electron chi connectivity index (χ2n) is 13.5. The zero-order valence-corrected chi connectivity index (χ0v) is 25.5. The lowest BCUT2D eigenvalue weighted by Gasteiger charge is -2.53. The molecule has 232 valence electrons. The van der Waals surface area contributed by atoms with Gasteiger partial charge in [0.05, 0.1) is 55.1 Å². The first-order valence-corrected chi connectivity index (χ1v) is 16.1. The summed E-state index contributed by atoms with van der Waals surface area (Å²) in [4.78, 5) is 29.8. The van der Waals surface area contributed by atoms with Crippen LogP contribution in [0.15, 0.2) is 0 Å². The number of carbonyl (C=O) groups excluding carboxylic acids is 2. The number of nitrogens with zero attached hydrogens (tertiary/aromatic N) is 1. The van der Waals surface area contributed by atoms with Gasteiger partial charge in [-0.2, -0.15) is 0 Å². The van der Waals surface area contributed by atoms with Crippen molar-refractivity contribution in [1.29, 1.82) is 0 Å². The lowest BCUT2D eigenvalue weighted by atomic mass is 9.64. The molecule has 0 bridgehead atoms. The molecule has 6 rings (SSSR count). The number of quaternary nitrogens is 1. The molecule has 0 aromatic carbocycles. The van der Waals surface area contributed by atoms with Gasteiger partial charge in [-0.25, -0.2) is 0 Å². The van der Waals surface area contributed by atoms with Crippen LogP contribution in [0, 0.1) is 23.7 Å². The summed E-state index contributed by atoms with van der Waals surface area (Å²) in [5.41, 5.74) is 0. The van der Waals surface area contributed by atoms with E-state index in [-0.39, 0.29) is 54.4 Å². The minimum absolute atomic E-state index is 0.0227. The van der Waals surface area contributed by atoms with E-state index in [9.17, 15) is 9.59 Å². The van der Waals surface area contributed by atoms with E-state index in [4.69, 9.17) is 23.7 Å². The third kappa shape index (κ3) is 5.24. The number of amides is 2. The highest BCUT2D eigenvalue weighted by molar-refractivity contribution is 5.83. The Morgan fingerprint density at radius 2 is 1.63 bits per heavy atom. The van der Waals surface area contributed by atoms with Gasteiger partial charge in [-0.15, -0.1) is 0 Å². The van der Waals surface area contributed by atoms with Gasteiger partial charge in [0.2, 0.25) is 11.8 Å². The van der Waals surface area contributed by atoms with Gasteiger partial charge in [0.1, 0.15) is 12.1 Å². The third-order valence-electron chi connectivity index (χ3n) is 11.9. The summed E-state index contributed by atoms with van der Waals surface area (Å²) in [5, 5.41) is 5.74. The highest BCUT2D eigenvalue weighted by Crippen LogP contribution is 2.53. The summed E-state index contributed by atoms with van der Waals surface area (Å²) < 4.78 is 29.4. The van der Waals surface area contributed by atoms with Crippen molar-refractivity contribution in [3.63, 3.8) is 0 Å². The summed E-state index contributed by atoms with van der Waals surface area (Å²) in [5.74, 6) is 1.38. The zero-order chi connectivity index (χ0) is 28.8. The Hall–Kier alpha value is -1.30. The van der Waals surface area contributed by atoms with Crippen LogP contribution in [-0.2, 0) is 33.3 Å². The van der Waals surface area contributed by atoms with Crippen molar-refractivity contribution >= 4 is 11.8 Å². The standard InChI is InChI=1S/C31H51N3O7/c1-16(30(35)33-22-9-6-17(37-2)15-25(22)39-4)41-18-7-10-23-21(14-18)19-12-13-32-27-20-8-11-24(38-3)29(40-5)26(20)31(36)34(23)28(19)27/h16-29,32H,6-15H2,1-5H3,(H,33,35)/p+1. The van der Waals surface area contributed by atoms with Gasteiger partial charge < -0.3 is 39.2 Å². The maximum Gasteiger partial charge on any atom is 0.249 e. The molecule has 10 heteroatoms. The molecule has 0 spiro atoms. The number of hydrogen-bond donors (Lipinski definition) is 2. The third-order valence-corrected chi connectivity index (χ3v) is 11.9. The van der Waals surface area contributed by atoms with Gasteiger partial charge in [-0.3, -0.25) is 9.59 Å². The highest BCUT2D eigenvalue weighted by atomic mass is 16.5. The molecule has 14 unspecified atom stereocenters. The molecule has 6 aliphatic rings. The van der Waals surface area contributed by atoms with Crippen LogP contribution in [0.25, 0.3) is 0 Å². The highest BCUT2D eigenvalue weighted by Gasteiger charge is 2.66. The fourth-order valence-corrected chi connectivity index (χ4v) is 10.0. The molecule has 2 amide bonds. The van der Waals surface area contributed by atoms with E-state index in [1.165, 1.54) is 0 Å². The van der Waals surface area contributed by atoms with Crippen LogP contribution in [0.2, 0.25) is 0 Å². The van der Waals surface area contributed by atoms with Crippen LogP contribution >= 0.6 is 0 Å². The van der Waals surface area contributed by atoms with E-state index in [0.717, 1.165) is 64.3 Å². The molecule has 3 saturated carbocycles. The fourth-order valence-electron chi connectivity index (χ4n) is 10.0. The summed E-state index contributed by atoms with van der Waals surface area (Å²) in [6, 6.07) is 0.973. The molecule has 3 aliphatic carbocycles. The average Bonchev–Trinajstić information content (AvgIpc) is 3.33. The molecule has 41 heavy (non-hydrogen) atoms. The Morgan fingerprint density at radius 1 is 0.854 bits per heavy atom. The van der Waals surface area contributed by atoms with Gasteiger partial charge in [-0.1, -0.05) is 0 Å². The van der Waals surface area contributed by atoms with Crippen molar-refractivity contribution in [1.82, 2.24) is 10.2 Å². The largest absolute Gasteiger partial charge is 0.381 e. The number of ether oxygens (including phenoxy) is 5. The Morgan fingerprint density at radius 3 is 2.37 bits per heavy atom. The van der Waals surface area contributed by atoms with E-state index in [0.29, 0.717) is 35.7 Å². The number of hydrogen-bond acceptors (Lipinski definition) is 7. The van der Waals surface area contributed by atoms with Gasteiger partial charge in [0, 0.05) is 53.2 Å². The topological polar surface area (TPSA) is 112 Å². The quantitative estimate of drug-likeness (QED) is 0.440. The fraction of sp³-hybridized carbons (Fsp3) is 0.935. The lowest BCUT2D eigenvalue weighted by Crippen LogP contribution is -2.99. The maximum atomic E-state index is 14.3. The van der Waals surface area contributed by atoms with Crippen molar-refractivity contribution in [3.05, 3.63) is 0 Å². The molecule has 14 atom stereocenters. The molecule has 0 aromatic heterocycles. The van der Waals surface area contributed by atoms with E-state index in [2.05, 4.69) is 15.5 Å². The van der Waals surface area contributed by atoms with E-state index in [1.54, 1.807) is 28.4 Å². The number of rotatable bonds is 8. The molecule has 0 radical (unpaired) electrons. The first kappa shape index (κ1) is 29.8. The van der Waals surface area contributed by atoms with E-state index >= 15 is 0 Å². The van der Waals surface area contributed by atoms with Crippen molar-refractivity contribution in [2.75, 3.05) is 35.0 Å². The number of piperidine rings is 2. The molecular formula is C31H52N3O7+.